The van der Waals surface area contributed by atoms with Gasteiger partial charge in [-0.15, -0.1) is 0 Å². The Kier molecular flexibility index (Phi) is 7.76. The molecule has 9 heteroatoms. The number of benzene rings is 1. The molecule has 1 N–H and O–H groups in total. The molecule has 1 atom stereocenters. The van der Waals surface area contributed by atoms with E-state index in [1.54, 1.807) is 6.92 Å². The number of ether oxygens (including phenoxy) is 2. The summed E-state index contributed by atoms with van der Waals surface area (Å²) in [5.41, 5.74) is 1.95. The molecule has 0 radical (unpaired) electrons. The minimum Gasteiger partial charge on any atom is -0.493 e. The van der Waals surface area contributed by atoms with E-state index in [9.17, 15) is 9.59 Å². The Labute approximate surface area is 192 Å². The SMILES string of the molecule is CCCC(=O)Oc1c(OC)ccnc1C(=O)N[C@@H](C)c1nc(-c2ccc(C(C)C)cc2)no1. The van der Waals surface area contributed by atoms with Crippen LogP contribution in [-0.4, -0.2) is 34.1 Å². The van der Waals surface area contributed by atoms with E-state index in [0.717, 1.165) is 5.56 Å². The van der Waals surface area contributed by atoms with E-state index in [-0.39, 0.29) is 29.5 Å². The highest BCUT2D eigenvalue weighted by Gasteiger charge is 2.25. The number of nitrogens with one attached hydrogen (secondary N) is 1. The number of amides is 1. The summed E-state index contributed by atoms with van der Waals surface area (Å²) < 4.78 is 16.0. The maximum absolute atomic E-state index is 12.9. The van der Waals surface area contributed by atoms with Crippen LogP contribution in [0.4, 0.5) is 0 Å². The number of aromatic nitrogens is 3. The molecule has 2 heterocycles. The van der Waals surface area contributed by atoms with Crippen LogP contribution in [0.2, 0.25) is 0 Å². The average molecular weight is 453 g/mol. The lowest BCUT2D eigenvalue weighted by molar-refractivity contribution is -0.134. The molecule has 0 saturated carbocycles. The zero-order valence-corrected chi connectivity index (χ0v) is 19.4. The first-order chi connectivity index (χ1) is 15.8. The van der Waals surface area contributed by atoms with Gasteiger partial charge in [0, 0.05) is 24.2 Å². The fourth-order valence-electron chi connectivity index (χ4n) is 3.09. The largest absolute Gasteiger partial charge is 0.493 e. The molecule has 9 nitrogen and oxygen atoms in total. The van der Waals surface area contributed by atoms with Crippen molar-refractivity contribution in [2.75, 3.05) is 7.11 Å². The van der Waals surface area contributed by atoms with Crippen molar-refractivity contribution < 1.29 is 23.6 Å². The molecule has 0 saturated heterocycles. The summed E-state index contributed by atoms with van der Waals surface area (Å²) in [4.78, 5) is 33.4. The summed E-state index contributed by atoms with van der Waals surface area (Å²) in [5.74, 6) is 0.245. The molecule has 3 rings (SSSR count). The molecule has 1 aromatic carbocycles. The normalized spacial score (nSPS) is 11.8. The average Bonchev–Trinajstić information content (AvgIpc) is 3.30. The van der Waals surface area contributed by atoms with Crippen LogP contribution >= 0.6 is 0 Å². The predicted octanol–water partition coefficient (Wildman–Crippen LogP) is 4.46. The van der Waals surface area contributed by atoms with Gasteiger partial charge < -0.3 is 19.3 Å². The van der Waals surface area contributed by atoms with Crippen LogP contribution < -0.4 is 14.8 Å². The van der Waals surface area contributed by atoms with Crippen LogP contribution in [0, 0.1) is 0 Å². The van der Waals surface area contributed by atoms with Crippen LogP contribution in [0.3, 0.4) is 0 Å². The first kappa shape index (κ1) is 23.9. The topological polar surface area (TPSA) is 116 Å². The van der Waals surface area contributed by atoms with Crippen molar-refractivity contribution >= 4 is 11.9 Å². The van der Waals surface area contributed by atoms with Gasteiger partial charge in [-0.1, -0.05) is 50.2 Å². The van der Waals surface area contributed by atoms with Crippen molar-refractivity contribution in [1.82, 2.24) is 20.4 Å². The Bertz CT molecular complexity index is 1110. The van der Waals surface area contributed by atoms with Crippen molar-refractivity contribution in [1.29, 1.82) is 0 Å². The Morgan fingerprint density at radius 3 is 2.48 bits per heavy atom. The number of rotatable bonds is 9. The van der Waals surface area contributed by atoms with Crippen LogP contribution in [0.5, 0.6) is 11.5 Å². The molecule has 3 aromatic rings. The Hall–Kier alpha value is -3.75. The Morgan fingerprint density at radius 1 is 1.12 bits per heavy atom. The second-order valence-corrected chi connectivity index (χ2v) is 7.84. The second kappa shape index (κ2) is 10.7. The highest BCUT2D eigenvalue weighted by atomic mass is 16.6. The van der Waals surface area contributed by atoms with Gasteiger partial charge in [0.1, 0.15) is 6.04 Å². The van der Waals surface area contributed by atoms with Crippen molar-refractivity contribution in [3.63, 3.8) is 0 Å². The summed E-state index contributed by atoms with van der Waals surface area (Å²) in [5, 5.41) is 6.78. The molecule has 0 bridgehead atoms. The minimum absolute atomic E-state index is 0.0281. The van der Waals surface area contributed by atoms with Gasteiger partial charge in [0.2, 0.25) is 17.5 Å². The molecule has 1 amide bonds. The highest BCUT2D eigenvalue weighted by molar-refractivity contribution is 5.96. The van der Waals surface area contributed by atoms with Gasteiger partial charge >= 0.3 is 5.97 Å². The van der Waals surface area contributed by atoms with E-state index < -0.39 is 17.9 Å². The highest BCUT2D eigenvalue weighted by Crippen LogP contribution is 2.30. The molecule has 0 fully saturated rings. The predicted molar refractivity (Wildman–Crippen MR) is 121 cm³/mol. The number of esters is 1. The maximum atomic E-state index is 12.9. The number of methoxy groups -OCH3 is 1. The monoisotopic (exact) mass is 452 g/mol. The van der Waals surface area contributed by atoms with Gasteiger partial charge in [-0.05, 0) is 24.8 Å². The van der Waals surface area contributed by atoms with Crippen LogP contribution in [0.25, 0.3) is 11.4 Å². The van der Waals surface area contributed by atoms with Crippen molar-refractivity contribution in [2.45, 2.75) is 52.5 Å². The number of nitrogens with zero attached hydrogens (tertiary/aromatic N) is 3. The summed E-state index contributed by atoms with van der Waals surface area (Å²) >= 11 is 0. The fourth-order valence-corrected chi connectivity index (χ4v) is 3.09. The summed E-state index contributed by atoms with van der Waals surface area (Å²) in [6.07, 6.45) is 2.22. The Morgan fingerprint density at radius 2 is 1.85 bits per heavy atom. The lowest BCUT2D eigenvalue weighted by Gasteiger charge is -2.14. The van der Waals surface area contributed by atoms with Gasteiger partial charge in [-0.2, -0.15) is 4.98 Å². The van der Waals surface area contributed by atoms with Gasteiger partial charge in [-0.25, -0.2) is 4.98 Å². The van der Waals surface area contributed by atoms with Crippen molar-refractivity contribution in [2.24, 2.45) is 0 Å². The van der Waals surface area contributed by atoms with Gasteiger partial charge in [0.25, 0.3) is 5.91 Å². The fraction of sp³-hybridized carbons (Fsp3) is 0.375. The van der Waals surface area contributed by atoms with Gasteiger partial charge in [0.05, 0.1) is 7.11 Å². The quantitative estimate of drug-likeness (QED) is 0.473. The van der Waals surface area contributed by atoms with Crippen LogP contribution in [0.15, 0.2) is 41.1 Å². The molecule has 33 heavy (non-hydrogen) atoms. The molecule has 0 unspecified atom stereocenters. The molecule has 0 aliphatic carbocycles. The summed E-state index contributed by atoms with van der Waals surface area (Å²) in [6.45, 7) is 7.81. The third-order valence-corrected chi connectivity index (χ3v) is 4.97. The molecule has 0 aliphatic rings. The zero-order chi connectivity index (χ0) is 24.0. The molecular weight excluding hydrogens is 424 g/mol. The molecule has 0 aliphatic heterocycles. The molecular formula is C24H28N4O5. The lowest BCUT2D eigenvalue weighted by Crippen LogP contribution is -2.28. The Balaban J connectivity index is 1.77. The number of carbonyl (C=O) groups excluding carboxylic acids is 2. The second-order valence-electron chi connectivity index (χ2n) is 7.84. The smallest absolute Gasteiger partial charge is 0.311 e. The van der Waals surface area contributed by atoms with E-state index >= 15 is 0 Å². The zero-order valence-electron chi connectivity index (χ0n) is 19.4. The van der Waals surface area contributed by atoms with E-state index in [4.69, 9.17) is 14.0 Å². The van der Waals surface area contributed by atoms with Gasteiger partial charge in [-0.3, -0.25) is 9.59 Å². The van der Waals surface area contributed by atoms with Gasteiger partial charge in [0.15, 0.2) is 11.4 Å². The maximum Gasteiger partial charge on any atom is 0.311 e. The first-order valence-electron chi connectivity index (χ1n) is 10.8. The number of pyridine rings is 1. The summed E-state index contributed by atoms with van der Waals surface area (Å²) in [7, 11) is 1.42. The van der Waals surface area contributed by atoms with Crippen molar-refractivity contribution in [3.05, 3.63) is 53.7 Å². The third-order valence-electron chi connectivity index (χ3n) is 4.97. The number of hydrogen-bond acceptors (Lipinski definition) is 8. The first-order valence-corrected chi connectivity index (χ1v) is 10.8. The van der Waals surface area contributed by atoms with Crippen LogP contribution in [-0.2, 0) is 4.79 Å². The standard InChI is InChI=1S/C24H28N4O5/c1-6-7-19(29)32-21-18(31-5)12-13-25-20(21)23(30)26-15(4)24-27-22(28-33-24)17-10-8-16(9-11-17)14(2)3/h8-15H,6-7H2,1-5H3,(H,26,30)/t15-/m0/s1. The lowest BCUT2D eigenvalue weighted by atomic mass is 10.0. The molecule has 2 aromatic heterocycles. The third kappa shape index (κ3) is 5.74. The summed E-state index contributed by atoms with van der Waals surface area (Å²) in [6, 6.07) is 8.83. The van der Waals surface area contributed by atoms with E-state index in [1.807, 2.05) is 31.2 Å². The van der Waals surface area contributed by atoms with E-state index in [2.05, 4.69) is 34.3 Å². The van der Waals surface area contributed by atoms with Crippen molar-refractivity contribution in [3.8, 4) is 22.9 Å². The minimum atomic E-state index is -0.610. The molecule has 174 valence electrons. The van der Waals surface area contributed by atoms with Crippen LogP contribution in [0.1, 0.15) is 74.4 Å². The number of carbonyl (C=O) groups is 2. The number of hydrogen-bond donors (Lipinski definition) is 1. The molecule has 0 spiro atoms. The van der Waals surface area contributed by atoms with E-state index in [1.165, 1.54) is 24.9 Å². The van der Waals surface area contributed by atoms with E-state index in [0.29, 0.717) is 18.2 Å².